The minimum Gasteiger partial charge on any atom is -0.469 e. The highest BCUT2D eigenvalue weighted by atomic mass is 16.5. The molecular formula is C19H38O3. The van der Waals surface area contributed by atoms with Crippen molar-refractivity contribution in [2.24, 2.45) is 0 Å². The average Bonchev–Trinajstić information content (AvgIpc) is 2.53. The van der Waals surface area contributed by atoms with Crippen molar-refractivity contribution in [1.82, 2.24) is 0 Å². The molecule has 132 valence electrons. The molecule has 0 spiro atoms. The zero-order chi connectivity index (χ0) is 16.5. The average molecular weight is 315 g/mol. The van der Waals surface area contributed by atoms with Gasteiger partial charge < -0.3 is 9.84 Å². The van der Waals surface area contributed by atoms with Crippen molar-refractivity contribution < 1.29 is 14.6 Å². The third-order valence-electron chi connectivity index (χ3n) is 4.29. The summed E-state index contributed by atoms with van der Waals surface area (Å²) >= 11 is 0. The minimum absolute atomic E-state index is 0.0649. The Morgan fingerprint density at radius 2 is 1.27 bits per heavy atom. The van der Waals surface area contributed by atoms with Crippen LogP contribution in [-0.2, 0) is 9.53 Å². The summed E-state index contributed by atoms with van der Waals surface area (Å²) in [7, 11) is 1.45. The first-order valence-corrected chi connectivity index (χ1v) is 9.45. The number of carbonyl (C=O) groups is 1. The van der Waals surface area contributed by atoms with Gasteiger partial charge in [-0.15, -0.1) is 0 Å². The van der Waals surface area contributed by atoms with Crippen LogP contribution >= 0.6 is 0 Å². The first kappa shape index (κ1) is 21.4. The van der Waals surface area contributed by atoms with Gasteiger partial charge in [0.15, 0.2) is 0 Å². The molecule has 0 amide bonds. The maximum Gasteiger partial charge on any atom is 0.305 e. The van der Waals surface area contributed by atoms with Crippen LogP contribution in [0, 0.1) is 0 Å². The molecule has 1 unspecified atom stereocenters. The van der Waals surface area contributed by atoms with Gasteiger partial charge in [-0.3, -0.25) is 4.79 Å². The molecule has 0 saturated carbocycles. The van der Waals surface area contributed by atoms with E-state index in [-0.39, 0.29) is 12.1 Å². The van der Waals surface area contributed by atoms with Crippen molar-refractivity contribution in [2.45, 2.75) is 109 Å². The maximum atomic E-state index is 10.9. The fourth-order valence-electron chi connectivity index (χ4n) is 2.75. The zero-order valence-corrected chi connectivity index (χ0v) is 14.9. The van der Waals surface area contributed by atoms with E-state index in [9.17, 15) is 9.90 Å². The second-order valence-electron chi connectivity index (χ2n) is 6.45. The van der Waals surface area contributed by atoms with Crippen LogP contribution in [0.4, 0.5) is 0 Å². The predicted octanol–water partition coefficient (Wildman–Crippen LogP) is 5.39. The van der Waals surface area contributed by atoms with Crippen LogP contribution in [0.2, 0.25) is 0 Å². The summed E-state index contributed by atoms with van der Waals surface area (Å²) < 4.78 is 4.62. The van der Waals surface area contributed by atoms with Crippen LogP contribution in [0.25, 0.3) is 0 Å². The van der Waals surface area contributed by atoms with Crippen LogP contribution in [0.15, 0.2) is 0 Å². The first-order chi connectivity index (χ1) is 10.7. The van der Waals surface area contributed by atoms with E-state index in [0.29, 0.717) is 6.42 Å². The van der Waals surface area contributed by atoms with Gasteiger partial charge in [-0.2, -0.15) is 0 Å². The molecule has 1 N–H and O–H groups in total. The molecule has 0 bridgehead atoms. The van der Waals surface area contributed by atoms with Gasteiger partial charge in [-0.1, -0.05) is 77.6 Å². The smallest absolute Gasteiger partial charge is 0.305 e. The van der Waals surface area contributed by atoms with E-state index in [4.69, 9.17) is 0 Å². The number of aliphatic hydroxyl groups is 1. The molecule has 0 heterocycles. The van der Waals surface area contributed by atoms with Gasteiger partial charge in [0, 0.05) is 6.42 Å². The molecule has 22 heavy (non-hydrogen) atoms. The van der Waals surface area contributed by atoms with Crippen LogP contribution in [-0.4, -0.2) is 24.3 Å². The predicted molar refractivity (Wildman–Crippen MR) is 93.0 cm³/mol. The second kappa shape index (κ2) is 16.8. The number of aliphatic hydroxyl groups excluding tert-OH is 1. The van der Waals surface area contributed by atoms with Crippen molar-refractivity contribution in [3.63, 3.8) is 0 Å². The zero-order valence-electron chi connectivity index (χ0n) is 14.9. The number of methoxy groups -OCH3 is 1. The molecule has 0 aliphatic heterocycles. The summed E-state index contributed by atoms with van der Waals surface area (Å²) in [5, 5.41) is 9.74. The third-order valence-corrected chi connectivity index (χ3v) is 4.29. The van der Waals surface area contributed by atoms with E-state index >= 15 is 0 Å². The Hall–Kier alpha value is -0.570. The molecule has 0 aromatic rings. The summed E-state index contributed by atoms with van der Waals surface area (Å²) in [5.41, 5.74) is 0. The third kappa shape index (κ3) is 15.8. The summed E-state index contributed by atoms with van der Waals surface area (Å²) in [6, 6.07) is 0. The number of rotatable bonds is 16. The van der Waals surface area contributed by atoms with Crippen LogP contribution in [0.1, 0.15) is 103 Å². The number of carbonyl (C=O) groups excluding carboxylic acids is 1. The Kier molecular flexibility index (Phi) is 16.4. The quantitative estimate of drug-likeness (QED) is 0.307. The largest absolute Gasteiger partial charge is 0.469 e. The monoisotopic (exact) mass is 314 g/mol. The van der Waals surface area contributed by atoms with Gasteiger partial charge in [0.05, 0.1) is 13.2 Å². The number of hydrogen-bond acceptors (Lipinski definition) is 3. The Morgan fingerprint density at radius 3 is 1.77 bits per heavy atom. The van der Waals surface area contributed by atoms with Crippen LogP contribution in [0.3, 0.4) is 0 Å². The summed E-state index contributed by atoms with van der Waals surface area (Å²) in [4.78, 5) is 10.9. The Labute approximate surface area is 137 Å². The minimum atomic E-state index is -0.0835. The lowest BCUT2D eigenvalue weighted by Gasteiger charge is -2.09. The van der Waals surface area contributed by atoms with Crippen molar-refractivity contribution in [2.75, 3.05) is 7.11 Å². The van der Waals surface area contributed by atoms with E-state index in [0.717, 1.165) is 32.1 Å². The van der Waals surface area contributed by atoms with Crippen molar-refractivity contribution in [3.05, 3.63) is 0 Å². The topological polar surface area (TPSA) is 46.5 Å². The first-order valence-electron chi connectivity index (χ1n) is 9.45. The molecule has 1 atom stereocenters. The van der Waals surface area contributed by atoms with E-state index in [1.807, 2.05) is 0 Å². The van der Waals surface area contributed by atoms with Gasteiger partial charge in [0.2, 0.25) is 0 Å². The van der Waals surface area contributed by atoms with Crippen molar-refractivity contribution >= 4 is 5.97 Å². The van der Waals surface area contributed by atoms with E-state index in [1.54, 1.807) is 0 Å². The fourth-order valence-corrected chi connectivity index (χ4v) is 2.75. The summed E-state index contributed by atoms with van der Waals surface area (Å²) in [6.45, 7) is 2.17. The molecule has 3 nitrogen and oxygen atoms in total. The molecule has 0 aromatic carbocycles. The lowest BCUT2D eigenvalue weighted by Crippen LogP contribution is -2.05. The van der Waals surface area contributed by atoms with Gasteiger partial charge in [0.25, 0.3) is 0 Å². The number of hydrogen-bond donors (Lipinski definition) is 1. The van der Waals surface area contributed by atoms with Gasteiger partial charge in [-0.05, 0) is 19.3 Å². The molecule has 0 fully saturated rings. The highest BCUT2D eigenvalue weighted by molar-refractivity contribution is 5.68. The summed E-state index contributed by atoms with van der Waals surface area (Å²) in [6.07, 6.45) is 17.2. The van der Waals surface area contributed by atoms with E-state index in [2.05, 4.69) is 11.7 Å². The molecule has 0 aliphatic rings. The number of ether oxygens (including phenoxy) is 1. The van der Waals surface area contributed by atoms with Crippen molar-refractivity contribution in [1.29, 1.82) is 0 Å². The van der Waals surface area contributed by atoms with E-state index in [1.165, 1.54) is 64.9 Å². The molecular weight excluding hydrogens is 276 g/mol. The molecule has 0 aromatic heterocycles. The normalized spacial score (nSPS) is 12.3. The standard InChI is InChI=1S/C19H38O3/c1-3-4-15-18(20)16-13-11-9-7-5-6-8-10-12-14-17-19(21)22-2/h18,20H,3-17H2,1-2H3. The Morgan fingerprint density at radius 1 is 0.818 bits per heavy atom. The van der Waals surface area contributed by atoms with Crippen LogP contribution in [0.5, 0.6) is 0 Å². The highest BCUT2D eigenvalue weighted by Crippen LogP contribution is 2.14. The maximum absolute atomic E-state index is 10.9. The highest BCUT2D eigenvalue weighted by Gasteiger charge is 2.02. The summed E-state index contributed by atoms with van der Waals surface area (Å²) in [5.74, 6) is -0.0835. The number of esters is 1. The molecule has 0 saturated heterocycles. The van der Waals surface area contributed by atoms with Crippen molar-refractivity contribution in [3.8, 4) is 0 Å². The second-order valence-corrected chi connectivity index (χ2v) is 6.45. The molecule has 0 rings (SSSR count). The van der Waals surface area contributed by atoms with Gasteiger partial charge in [0.1, 0.15) is 0 Å². The van der Waals surface area contributed by atoms with Gasteiger partial charge in [-0.25, -0.2) is 0 Å². The molecule has 0 aliphatic carbocycles. The van der Waals surface area contributed by atoms with E-state index < -0.39 is 0 Å². The lowest BCUT2D eigenvalue weighted by atomic mass is 10.0. The lowest BCUT2D eigenvalue weighted by molar-refractivity contribution is -0.140. The Balaban J connectivity index is 3.10. The molecule has 0 radical (unpaired) electrons. The number of unbranched alkanes of at least 4 members (excludes halogenated alkanes) is 10. The van der Waals surface area contributed by atoms with Crippen LogP contribution < -0.4 is 0 Å². The SMILES string of the molecule is CCCCC(O)CCCCCCCCCCCCC(=O)OC. The Bertz CT molecular complexity index is 241. The molecule has 3 heteroatoms. The fraction of sp³-hybridized carbons (Fsp3) is 0.947. The van der Waals surface area contributed by atoms with Gasteiger partial charge >= 0.3 is 5.97 Å².